The largest absolute Gasteiger partial charge is 0.497 e. The van der Waals surface area contributed by atoms with Crippen molar-refractivity contribution >= 4 is 22.6 Å². The van der Waals surface area contributed by atoms with Gasteiger partial charge in [-0.3, -0.25) is 0 Å². The molecule has 0 aliphatic carbocycles. The van der Waals surface area contributed by atoms with Crippen LogP contribution in [0.1, 0.15) is 5.01 Å². The molecule has 0 fully saturated rings. The van der Waals surface area contributed by atoms with E-state index in [1.54, 1.807) is 13.3 Å². The Morgan fingerprint density at radius 1 is 1.21 bits per heavy atom. The van der Waals surface area contributed by atoms with Crippen molar-refractivity contribution in [2.45, 2.75) is 0 Å². The standard InChI is InChI=1S/C19H15N3OS/c1-23-17-9-5-8-16(10-17)21-12-15(11-20)19-22-18(13-24-19)14-6-3-2-4-7-14/h2-10,12-13,21H,1H3. The van der Waals surface area contributed by atoms with Crippen LogP contribution in [0.2, 0.25) is 0 Å². The van der Waals surface area contributed by atoms with Crippen molar-refractivity contribution in [1.29, 1.82) is 5.26 Å². The second-order valence-electron chi connectivity index (χ2n) is 4.95. The Labute approximate surface area is 144 Å². The van der Waals surface area contributed by atoms with E-state index in [0.29, 0.717) is 10.6 Å². The van der Waals surface area contributed by atoms with Crippen LogP contribution in [0.4, 0.5) is 5.69 Å². The van der Waals surface area contributed by atoms with Gasteiger partial charge in [-0.05, 0) is 12.1 Å². The van der Waals surface area contributed by atoms with Crippen molar-refractivity contribution in [2.75, 3.05) is 12.4 Å². The van der Waals surface area contributed by atoms with Crippen LogP contribution in [-0.4, -0.2) is 12.1 Å². The fourth-order valence-electron chi connectivity index (χ4n) is 2.15. The molecule has 0 amide bonds. The lowest BCUT2D eigenvalue weighted by Gasteiger charge is -2.04. The highest BCUT2D eigenvalue weighted by Crippen LogP contribution is 2.26. The van der Waals surface area contributed by atoms with Crippen LogP contribution in [0.5, 0.6) is 5.75 Å². The summed E-state index contributed by atoms with van der Waals surface area (Å²) in [6.45, 7) is 0. The number of hydrogen-bond acceptors (Lipinski definition) is 5. The molecule has 0 atom stereocenters. The fraction of sp³-hybridized carbons (Fsp3) is 0.0526. The molecular weight excluding hydrogens is 318 g/mol. The van der Waals surface area contributed by atoms with Crippen molar-refractivity contribution < 1.29 is 4.74 Å². The summed E-state index contributed by atoms with van der Waals surface area (Å²) in [6.07, 6.45) is 1.67. The van der Waals surface area contributed by atoms with Crippen LogP contribution in [0.25, 0.3) is 16.8 Å². The Morgan fingerprint density at radius 3 is 2.79 bits per heavy atom. The highest BCUT2D eigenvalue weighted by molar-refractivity contribution is 7.11. The van der Waals surface area contributed by atoms with Crippen molar-refractivity contribution in [3.05, 3.63) is 71.2 Å². The summed E-state index contributed by atoms with van der Waals surface area (Å²) in [5.74, 6) is 0.757. The van der Waals surface area contributed by atoms with E-state index < -0.39 is 0 Å². The molecule has 24 heavy (non-hydrogen) atoms. The molecule has 0 spiro atoms. The summed E-state index contributed by atoms with van der Waals surface area (Å²) in [6, 6.07) is 19.6. The van der Waals surface area contributed by atoms with Gasteiger partial charge < -0.3 is 10.1 Å². The third kappa shape index (κ3) is 3.62. The molecule has 0 radical (unpaired) electrons. The maximum atomic E-state index is 9.42. The second-order valence-corrected chi connectivity index (χ2v) is 5.81. The quantitative estimate of drug-likeness (QED) is 0.682. The van der Waals surface area contributed by atoms with Gasteiger partial charge in [-0.25, -0.2) is 4.98 Å². The minimum absolute atomic E-state index is 0.491. The molecule has 0 unspecified atom stereocenters. The van der Waals surface area contributed by atoms with E-state index in [4.69, 9.17) is 4.74 Å². The number of anilines is 1. The highest BCUT2D eigenvalue weighted by Gasteiger charge is 2.08. The third-order valence-corrected chi connectivity index (χ3v) is 4.25. The summed E-state index contributed by atoms with van der Waals surface area (Å²) in [5, 5.41) is 15.2. The molecule has 0 saturated heterocycles. The van der Waals surface area contributed by atoms with Crippen LogP contribution in [0.15, 0.2) is 66.2 Å². The number of rotatable bonds is 5. The summed E-state index contributed by atoms with van der Waals surface area (Å²) in [7, 11) is 1.62. The van der Waals surface area contributed by atoms with Gasteiger partial charge in [-0.15, -0.1) is 11.3 Å². The van der Waals surface area contributed by atoms with E-state index >= 15 is 0 Å². The van der Waals surface area contributed by atoms with E-state index in [-0.39, 0.29) is 0 Å². The number of nitrogens with one attached hydrogen (secondary N) is 1. The smallest absolute Gasteiger partial charge is 0.136 e. The van der Waals surface area contributed by atoms with Gasteiger partial charge in [0.1, 0.15) is 22.4 Å². The van der Waals surface area contributed by atoms with Crippen molar-refractivity contribution in [1.82, 2.24) is 4.98 Å². The van der Waals surface area contributed by atoms with Gasteiger partial charge in [0.2, 0.25) is 0 Å². The highest BCUT2D eigenvalue weighted by atomic mass is 32.1. The van der Waals surface area contributed by atoms with Gasteiger partial charge in [-0.1, -0.05) is 36.4 Å². The number of hydrogen-bond donors (Lipinski definition) is 1. The van der Waals surface area contributed by atoms with Crippen LogP contribution >= 0.6 is 11.3 Å². The average molecular weight is 333 g/mol. The van der Waals surface area contributed by atoms with Crippen LogP contribution in [0.3, 0.4) is 0 Å². The topological polar surface area (TPSA) is 57.9 Å². The number of ether oxygens (including phenoxy) is 1. The molecule has 0 saturated carbocycles. The van der Waals surface area contributed by atoms with Crippen LogP contribution in [0, 0.1) is 11.3 Å². The van der Waals surface area contributed by atoms with Gasteiger partial charge in [-0.2, -0.15) is 5.26 Å². The summed E-state index contributed by atoms with van der Waals surface area (Å²) in [4.78, 5) is 4.56. The second kappa shape index (κ2) is 7.44. The van der Waals surface area contributed by atoms with Crippen molar-refractivity contribution in [2.24, 2.45) is 0 Å². The van der Waals surface area contributed by atoms with Crippen LogP contribution in [-0.2, 0) is 0 Å². The van der Waals surface area contributed by atoms with E-state index in [0.717, 1.165) is 22.7 Å². The van der Waals surface area contributed by atoms with Gasteiger partial charge >= 0.3 is 0 Å². The number of nitriles is 1. The summed E-state index contributed by atoms with van der Waals surface area (Å²) in [5.41, 5.74) is 3.25. The predicted octanol–water partition coefficient (Wildman–Crippen LogP) is 4.80. The molecule has 1 heterocycles. The van der Waals surface area contributed by atoms with E-state index in [2.05, 4.69) is 16.4 Å². The Hall–Kier alpha value is -3.10. The summed E-state index contributed by atoms with van der Waals surface area (Å²) >= 11 is 1.45. The van der Waals surface area contributed by atoms with Gasteiger partial charge in [0.25, 0.3) is 0 Å². The first kappa shape index (κ1) is 15.8. The Kier molecular flexibility index (Phi) is 4.90. The number of aromatic nitrogens is 1. The molecule has 1 N–H and O–H groups in total. The zero-order valence-electron chi connectivity index (χ0n) is 13.1. The molecule has 4 nitrogen and oxygen atoms in total. The lowest BCUT2D eigenvalue weighted by Crippen LogP contribution is -1.92. The van der Waals surface area contributed by atoms with Crippen molar-refractivity contribution in [3.63, 3.8) is 0 Å². The first-order chi connectivity index (χ1) is 11.8. The van der Waals surface area contributed by atoms with Gasteiger partial charge in [0.15, 0.2) is 0 Å². The minimum Gasteiger partial charge on any atom is -0.497 e. The number of thiazole rings is 1. The minimum atomic E-state index is 0.491. The Morgan fingerprint density at radius 2 is 2.04 bits per heavy atom. The zero-order chi connectivity index (χ0) is 16.8. The Bertz CT molecular complexity index is 894. The van der Waals surface area contributed by atoms with E-state index in [1.165, 1.54) is 11.3 Å². The number of benzene rings is 2. The number of nitrogens with zero attached hydrogens (tertiary/aromatic N) is 2. The first-order valence-electron chi connectivity index (χ1n) is 7.32. The SMILES string of the molecule is COc1cccc(NC=C(C#N)c2nc(-c3ccccc3)cs2)c1. The number of methoxy groups -OCH3 is 1. The predicted molar refractivity (Wildman–Crippen MR) is 97.8 cm³/mol. The normalized spacial score (nSPS) is 10.9. The monoisotopic (exact) mass is 333 g/mol. The van der Waals surface area contributed by atoms with Gasteiger partial charge in [0.05, 0.1) is 12.8 Å². The van der Waals surface area contributed by atoms with Crippen molar-refractivity contribution in [3.8, 4) is 23.1 Å². The molecule has 5 heteroatoms. The van der Waals surface area contributed by atoms with E-state index in [9.17, 15) is 5.26 Å². The number of allylic oxidation sites excluding steroid dienone is 1. The van der Waals surface area contributed by atoms with Gasteiger partial charge in [0, 0.05) is 28.9 Å². The molecule has 0 bridgehead atoms. The average Bonchev–Trinajstić information content (AvgIpc) is 3.13. The zero-order valence-corrected chi connectivity index (χ0v) is 13.9. The third-order valence-electron chi connectivity index (χ3n) is 3.38. The lowest BCUT2D eigenvalue weighted by atomic mass is 10.2. The molecular formula is C19H15N3OS. The molecule has 118 valence electrons. The summed E-state index contributed by atoms with van der Waals surface area (Å²) < 4.78 is 5.19. The fourth-order valence-corrected chi connectivity index (χ4v) is 2.94. The molecule has 1 aromatic heterocycles. The maximum Gasteiger partial charge on any atom is 0.136 e. The maximum absolute atomic E-state index is 9.42. The molecule has 3 rings (SSSR count). The molecule has 2 aromatic carbocycles. The van der Waals surface area contributed by atoms with Crippen LogP contribution < -0.4 is 10.1 Å². The lowest BCUT2D eigenvalue weighted by molar-refractivity contribution is 0.415. The Balaban J connectivity index is 1.81. The molecule has 0 aliphatic heterocycles. The van der Waals surface area contributed by atoms with E-state index in [1.807, 2.05) is 60.0 Å². The molecule has 3 aromatic rings. The first-order valence-corrected chi connectivity index (χ1v) is 8.20. The molecule has 0 aliphatic rings.